The van der Waals surface area contributed by atoms with Crippen LogP contribution in [-0.4, -0.2) is 55.0 Å². The summed E-state index contributed by atoms with van der Waals surface area (Å²) < 4.78 is 26.9. The predicted molar refractivity (Wildman–Crippen MR) is 154 cm³/mol. The lowest BCUT2D eigenvalue weighted by molar-refractivity contribution is -0.119. The Kier molecular flexibility index (Phi) is 9.36. The van der Waals surface area contributed by atoms with Crippen LogP contribution in [-0.2, 0) is 34.3 Å². The second kappa shape index (κ2) is 12.7. The summed E-state index contributed by atoms with van der Waals surface area (Å²) in [6, 6.07) is 15.8. The highest BCUT2D eigenvalue weighted by Crippen LogP contribution is 2.38. The molecule has 0 aliphatic carbocycles. The Morgan fingerprint density at radius 2 is 1.62 bits per heavy atom. The number of nitrogens with zero attached hydrogens (tertiary/aromatic N) is 2. The van der Waals surface area contributed by atoms with Crippen LogP contribution in [0.3, 0.4) is 0 Å². The minimum atomic E-state index is -3.65. The van der Waals surface area contributed by atoms with Crippen molar-refractivity contribution in [3.8, 4) is 0 Å². The van der Waals surface area contributed by atoms with Crippen molar-refractivity contribution in [2.45, 2.75) is 45.2 Å². The molecule has 0 fully saturated rings. The van der Waals surface area contributed by atoms with Crippen molar-refractivity contribution in [1.82, 2.24) is 20.1 Å². The van der Waals surface area contributed by atoms with Gasteiger partial charge in [-0.15, -0.1) is 11.3 Å². The third kappa shape index (κ3) is 6.58. The van der Waals surface area contributed by atoms with Gasteiger partial charge in [0.15, 0.2) is 0 Å². The molecule has 1 aliphatic heterocycles. The van der Waals surface area contributed by atoms with Crippen molar-refractivity contribution < 1.29 is 22.8 Å². The summed E-state index contributed by atoms with van der Waals surface area (Å²) >= 11 is 1.33. The molecule has 3 amide bonds. The Morgan fingerprint density at radius 3 is 2.25 bits per heavy atom. The van der Waals surface area contributed by atoms with Gasteiger partial charge in [-0.2, -0.15) is 4.31 Å². The average molecular weight is 584 g/mol. The number of hydrogen-bond donors (Lipinski definition) is 3. The molecule has 0 radical (unpaired) electrons. The molecule has 1 aliphatic rings. The highest BCUT2D eigenvalue weighted by atomic mass is 32.2. The normalized spacial score (nSPS) is 13.5. The summed E-state index contributed by atoms with van der Waals surface area (Å²) in [6.45, 7) is 7.62. The van der Waals surface area contributed by atoms with E-state index in [9.17, 15) is 22.8 Å². The average Bonchev–Trinajstić information content (AvgIpc) is 3.29. The molecule has 0 unspecified atom stereocenters. The minimum absolute atomic E-state index is 0.105. The van der Waals surface area contributed by atoms with Crippen LogP contribution in [0.2, 0.25) is 0 Å². The second-order valence-electron chi connectivity index (χ2n) is 9.36. The predicted octanol–water partition coefficient (Wildman–Crippen LogP) is 3.37. The molecule has 0 saturated heterocycles. The number of rotatable bonds is 9. The van der Waals surface area contributed by atoms with E-state index in [4.69, 9.17) is 0 Å². The van der Waals surface area contributed by atoms with E-state index in [1.54, 1.807) is 13.8 Å². The Morgan fingerprint density at radius 1 is 0.950 bits per heavy atom. The molecule has 12 heteroatoms. The van der Waals surface area contributed by atoms with Crippen molar-refractivity contribution in [2.24, 2.45) is 0 Å². The van der Waals surface area contributed by atoms with Crippen LogP contribution in [0.4, 0.5) is 5.00 Å². The maximum absolute atomic E-state index is 13.2. The third-order valence-corrected chi connectivity index (χ3v) is 9.85. The van der Waals surface area contributed by atoms with E-state index < -0.39 is 27.7 Å². The fourth-order valence-electron chi connectivity index (χ4n) is 4.63. The number of carbonyl (C=O) groups is 3. The summed E-state index contributed by atoms with van der Waals surface area (Å²) in [6.07, 6.45) is 0.606. The van der Waals surface area contributed by atoms with Crippen LogP contribution in [0.25, 0.3) is 0 Å². The van der Waals surface area contributed by atoms with Crippen LogP contribution in [0, 0.1) is 0 Å². The Hall–Kier alpha value is -3.58. The first-order valence-electron chi connectivity index (χ1n) is 13.0. The number of hydrazine groups is 1. The zero-order valence-corrected chi connectivity index (χ0v) is 24.3. The fourth-order valence-corrected chi connectivity index (χ4v) is 7.38. The molecule has 212 valence electrons. The smallest absolute Gasteiger partial charge is 0.272 e. The van der Waals surface area contributed by atoms with Gasteiger partial charge in [0, 0.05) is 50.1 Å². The number of anilines is 1. The maximum atomic E-state index is 13.2. The number of nitrogens with one attached hydrogen (secondary N) is 3. The quantitative estimate of drug-likeness (QED) is 0.332. The monoisotopic (exact) mass is 583 g/mol. The van der Waals surface area contributed by atoms with E-state index in [0.29, 0.717) is 36.6 Å². The van der Waals surface area contributed by atoms with Crippen molar-refractivity contribution in [3.05, 3.63) is 81.7 Å². The molecule has 0 spiro atoms. The lowest BCUT2D eigenvalue weighted by Crippen LogP contribution is -2.41. The van der Waals surface area contributed by atoms with Crippen LogP contribution in [0.5, 0.6) is 0 Å². The third-order valence-electron chi connectivity index (χ3n) is 6.65. The van der Waals surface area contributed by atoms with Crippen LogP contribution in [0.1, 0.15) is 57.5 Å². The molecule has 3 aromatic rings. The first-order valence-corrected chi connectivity index (χ1v) is 15.3. The number of carbonyl (C=O) groups excluding carboxylic acids is 3. The number of amides is 3. The van der Waals surface area contributed by atoms with Gasteiger partial charge in [0.25, 0.3) is 11.8 Å². The SMILES string of the molecule is CCN(CC)S(=O)(=O)c1ccc(C(=O)Nc2sc3c(c2C(=O)NNC(C)=O)CCN(Cc2ccccc2)C3)cc1. The lowest BCUT2D eigenvalue weighted by atomic mass is 10.0. The van der Waals surface area contributed by atoms with Gasteiger partial charge >= 0.3 is 0 Å². The number of sulfonamides is 1. The summed E-state index contributed by atoms with van der Waals surface area (Å²) in [5, 5.41) is 3.22. The van der Waals surface area contributed by atoms with Crippen molar-refractivity contribution in [1.29, 1.82) is 0 Å². The van der Waals surface area contributed by atoms with Crippen LogP contribution in [0.15, 0.2) is 59.5 Å². The second-order valence-corrected chi connectivity index (χ2v) is 12.4. The van der Waals surface area contributed by atoms with Crippen molar-refractivity contribution >= 4 is 44.1 Å². The van der Waals surface area contributed by atoms with E-state index in [2.05, 4.69) is 33.2 Å². The highest BCUT2D eigenvalue weighted by molar-refractivity contribution is 7.89. The van der Waals surface area contributed by atoms with Gasteiger partial charge < -0.3 is 5.32 Å². The molecule has 2 aromatic carbocycles. The van der Waals surface area contributed by atoms with Gasteiger partial charge in [-0.3, -0.25) is 30.1 Å². The van der Waals surface area contributed by atoms with Crippen LogP contribution >= 0.6 is 11.3 Å². The first-order chi connectivity index (χ1) is 19.1. The van der Waals surface area contributed by atoms with Crippen LogP contribution < -0.4 is 16.2 Å². The van der Waals surface area contributed by atoms with Gasteiger partial charge in [-0.25, -0.2) is 8.42 Å². The molecule has 0 atom stereocenters. The van der Waals surface area contributed by atoms with Crippen molar-refractivity contribution in [3.63, 3.8) is 0 Å². The molecule has 0 saturated carbocycles. The molecular weight excluding hydrogens is 550 g/mol. The standard InChI is InChI=1S/C28H33N5O5S2/c1-4-33(5-2)40(37,38)22-13-11-21(12-14-22)26(35)29-28-25(27(36)31-30-19(3)34)23-15-16-32(18-24(23)39-28)17-20-9-7-6-8-10-20/h6-14H,4-5,15-18H2,1-3H3,(H,29,35)(H,30,34)(H,31,36). The molecule has 4 rings (SSSR count). The van der Waals surface area contributed by atoms with Gasteiger partial charge in [0.1, 0.15) is 5.00 Å². The van der Waals surface area contributed by atoms with E-state index in [0.717, 1.165) is 23.5 Å². The van der Waals surface area contributed by atoms with E-state index in [1.807, 2.05) is 18.2 Å². The summed E-state index contributed by atoms with van der Waals surface area (Å²) in [7, 11) is -3.65. The maximum Gasteiger partial charge on any atom is 0.272 e. The molecule has 10 nitrogen and oxygen atoms in total. The number of fused-ring (bicyclic) bond motifs is 1. The zero-order chi connectivity index (χ0) is 28.9. The first kappa shape index (κ1) is 29.4. The summed E-state index contributed by atoms with van der Waals surface area (Å²) in [5.41, 5.74) is 7.33. The Labute approximate surface area is 238 Å². The highest BCUT2D eigenvalue weighted by Gasteiger charge is 2.29. The van der Waals surface area contributed by atoms with Gasteiger partial charge in [0.2, 0.25) is 15.9 Å². The van der Waals surface area contributed by atoms with Gasteiger partial charge in [-0.05, 0) is 41.8 Å². The minimum Gasteiger partial charge on any atom is -0.313 e. The Bertz CT molecular complexity index is 1480. The summed E-state index contributed by atoms with van der Waals surface area (Å²) in [5.74, 6) is -1.41. The molecule has 2 heterocycles. The number of hydrogen-bond acceptors (Lipinski definition) is 7. The summed E-state index contributed by atoms with van der Waals surface area (Å²) in [4.78, 5) is 41.1. The lowest BCUT2D eigenvalue weighted by Gasteiger charge is -2.27. The van der Waals surface area contributed by atoms with E-state index >= 15 is 0 Å². The topological polar surface area (TPSA) is 128 Å². The largest absolute Gasteiger partial charge is 0.313 e. The molecule has 3 N–H and O–H groups in total. The molecular formula is C28H33N5O5S2. The number of thiophene rings is 1. The Balaban J connectivity index is 1.58. The molecule has 1 aromatic heterocycles. The number of benzene rings is 2. The van der Waals surface area contributed by atoms with Crippen molar-refractivity contribution in [2.75, 3.05) is 25.0 Å². The fraction of sp³-hybridized carbons (Fsp3) is 0.321. The van der Waals surface area contributed by atoms with Gasteiger partial charge in [-0.1, -0.05) is 44.2 Å². The molecule has 0 bridgehead atoms. The van der Waals surface area contributed by atoms with E-state index in [-0.39, 0.29) is 10.5 Å². The van der Waals surface area contributed by atoms with E-state index in [1.165, 1.54) is 52.4 Å². The molecule has 40 heavy (non-hydrogen) atoms. The zero-order valence-electron chi connectivity index (χ0n) is 22.7. The van der Waals surface area contributed by atoms with Gasteiger partial charge in [0.05, 0.1) is 10.5 Å².